The van der Waals surface area contributed by atoms with Gasteiger partial charge in [-0.25, -0.2) is 4.98 Å². The Balaban J connectivity index is 1.22. The van der Waals surface area contributed by atoms with Gasteiger partial charge in [-0.3, -0.25) is 52.7 Å². The first-order chi connectivity index (χ1) is 42.6. The number of hydrogen-bond donors (Lipinski definition) is 16. The van der Waals surface area contributed by atoms with E-state index < -0.39 is 133 Å². The number of imidazole rings is 1. The molecule has 1 aliphatic rings. The minimum absolute atomic E-state index is 0.00127. The van der Waals surface area contributed by atoms with Gasteiger partial charge in [-0.1, -0.05) is 60.7 Å². The molecule has 30 heteroatoms. The number of nitrogens with one attached hydrogen (secondary N) is 11. The molecule has 3 aromatic carbocycles. The van der Waals surface area contributed by atoms with Gasteiger partial charge in [0, 0.05) is 67.5 Å². The molecule has 6 rings (SSSR count). The van der Waals surface area contributed by atoms with E-state index in [1.54, 1.807) is 42.6 Å². The number of carbonyl (C=O) groups excluding carboxylic acids is 11. The molecule has 89 heavy (non-hydrogen) atoms. The van der Waals surface area contributed by atoms with Crippen LogP contribution in [0.25, 0.3) is 10.9 Å². The second-order valence-corrected chi connectivity index (χ2v) is 22.8. The van der Waals surface area contributed by atoms with Gasteiger partial charge in [0.2, 0.25) is 65.0 Å². The predicted octanol–water partition coefficient (Wildman–Crippen LogP) is -2.62. The highest BCUT2D eigenvalue weighted by atomic mass is 32.2. The van der Waals surface area contributed by atoms with E-state index >= 15 is 9.59 Å². The highest BCUT2D eigenvalue weighted by Gasteiger charge is 2.39. The number of aromatic hydroxyl groups is 1. The Morgan fingerprint density at radius 3 is 1.99 bits per heavy atom. The summed E-state index contributed by atoms with van der Waals surface area (Å²) in [6, 6.07) is 10.6. The van der Waals surface area contributed by atoms with Crippen molar-refractivity contribution in [1.82, 2.24) is 67.7 Å². The third-order valence-electron chi connectivity index (χ3n) is 14.5. The Bertz CT molecular complexity index is 3240. The number of nitrogens with zero attached hydrogens (tertiary/aromatic N) is 2. The zero-order chi connectivity index (χ0) is 64.6. The molecule has 3 heterocycles. The van der Waals surface area contributed by atoms with Gasteiger partial charge in [0.15, 0.2) is 0 Å². The van der Waals surface area contributed by atoms with Gasteiger partial charge in [-0.2, -0.15) is 24.4 Å². The number of phenolic OH excluding ortho intramolecular Hbond substituents is 1. The van der Waals surface area contributed by atoms with E-state index in [2.05, 4.69) is 75.4 Å². The molecule has 0 spiro atoms. The summed E-state index contributed by atoms with van der Waals surface area (Å²) in [5.41, 5.74) is 14.2. The number of likely N-dealkylation sites (N-methyl/N-ethyl adjacent to an activating group) is 1. The molecule has 0 unspecified atom stereocenters. The minimum atomic E-state index is -1.68. The van der Waals surface area contributed by atoms with Gasteiger partial charge in [0.05, 0.1) is 31.3 Å². The number of para-hydroxylation sites is 1. The van der Waals surface area contributed by atoms with Crippen molar-refractivity contribution in [3.63, 3.8) is 0 Å². The van der Waals surface area contributed by atoms with Crippen LogP contribution in [0.4, 0.5) is 0 Å². The third-order valence-corrected chi connectivity index (χ3v) is 15.9. The molecular formula is C59H77N15O13S2. The number of aliphatic hydroxyl groups is 1. The summed E-state index contributed by atoms with van der Waals surface area (Å²) in [6.07, 6.45) is 3.15. The van der Waals surface area contributed by atoms with Crippen molar-refractivity contribution < 1.29 is 63.0 Å². The van der Waals surface area contributed by atoms with Crippen LogP contribution in [0.1, 0.15) is 55.0 Å². The lowest BCUT2D eigenvalue weighted by Crippen LogP contribution is -2.63. The number of aromatic amines is 2. The Morgan fingerprint density at radius 2 is 1.31 bits per heavy atom. The number of primary amides is 1. The molecule has 0 aliphatic carbocycles. The van der Waals surface area contributed by atoms with Crippen molar-refractivity contribution >= 4 is 100 Å². The second kappa shape index (κ2) is 34.5. The molecule has 2 aromatic heterocycles. The van der Waals surface area contributed by atoms with Crippen LogP contribution in [0.5, 0.6) is 5.75 Å². The van der Waals surface area contributed by atoms with E-state index in [-0.39, 0.29) is 68.1 Å². The summed E-state index contributed by atoms with van der Waals surface area (Å²) >= 11 is 5.14. The maximum atomic E-state index is 15.0. The fraction of sp³-hybridized carbons (Fsp3) is 0.424. The number of rotatable bonds is 27. The Morgan fingerprint density at radius 1 is 0.697 bits per heavy atom. The van der Waals surface area contributed by atoms with Crippen LogP contribution < -0.4 is 59.3 Å². The van der Waals surface area contributed by atoms with Crippen LogP contribution >= 0.6 is 24.4 Å². The van der Waals surface area contributed by atoms with Crippen molar-refractivity contribution in [2.24, 2.45) is 11.5 Å². The minimum Gasteiger partial charge on any atom is -0.508 e. The highest BCUT2D eigenvalue weighted by Crippen LogP contribution is 2.21. The lowest BCUT2D eigenvalue weighted by molar-refractivity contribution is -0.143. The number of benzene rings is 3. The summed E-state index contributed by atoms with van der Waals surface area (Å²) in [5.74, 6) is -9.46. The molecule has 1 fully saturated rings. The number of aliphatic hydroxyl groups excluding tert-OH is 1. The molecule has 28 nitrogen and oxygen atoms in total. The SMILES string of the molecule is C[C@@H](O)[C@@H]1NC(=O)[C@H](CCCCN)NC(=O)[C@@H](Cc2c[nH]c3ccccc23)NC(=O)[C@H](Cc2ccc(O)cc2)NC(=O)[C@H](CCSCC(=O)NCC(=O)NCC(=O)N[C@@H](CS)C(=O)N[C@@H](Cc2cnc[nH]2)C(N)=O)N(C)C(=O)[C@H](Cc2ccccc2)NC1=O. The summed E-state index contributed by atoms with van der Waals surface area (Å²) in [5, 5.41) is 45.3. The average molecular weight is 1270 g/mol. The van der Waals surface area contributed by atoms with E-state index in [9.17, 15) is 53.4 Å². The van der Waals surface area contributed by atoms with Crippen LogP contribution in [0, 0.1) is 0 Å². The number of hydrogen-bond acceptors (Lipinski definition) is 17. The predicted molar refractivity (Wildman–Crippen MR) is 332 cm³/mol. The smallest absolute Gasteiger partial charge is 0.245 e. The first kappa shape index (κ1) is 69.1. The maximum absolute atomic E-state index is 15.0. The van der Waals surface area contributed by atoms with Crippen molar-refractivity contribution in [3.05, 3.63) is 120 Å². The highest BCUT2D eigenvalue weighted by molar-refractivity contribution is 7.99. The topological polar surface area (TPSA) is 436 Å². The van der Waals surface area contributed by atoms with Crippen LogP contribution in [-0.4, -0.2) is 193 Å². The normalized spacial score (nSPS) is 19.8. The van der Waals surface area contributed by atoms with Gasteiger partial charge >= 0.3 is 0 Å². The molecule has 1 saturated heterocycles. The summed E-state index contributed by atoms with van der Waals surface area (Å²) in [4.78, 5) is 163. The molecular weight excluding hydrogens is 1190 g/mol. The number of H-pyrrole nitrogens is 2. The lowest BCUT2D eigenvalue weighted by Gasteiger charge is -2.33. The first-order valence-corrected chi connectivity index (χ1v) is 30.5. The molecule has 5 aromatic rings. The molecule has 11 amide bonds. The van der Waals surface area contributed by atoms with E-state index in [0.29, 0.717) is 35.2 Å². The Labute approximate surface area is 522 Å². The zero-order valence-electron chi connectivity index (χ0n) is 49.1. The van der Waals surface area contributed by atoms with Crippen LogP contribution in [0.3, 0.4) is 0 Å². The van der Waals surface area contributed by atoms with Crippen molar-refractivity contribution in [3.8, 4) is 5.75 Å². The average Bonchev–Trinajstić information content (AvgIpc) is 2.37. The maximum Gasteiger partial charge on any atom is 0.245 e. The van der Waals surface area contributed by atoms with Gasteiger partial charge in [-0.05, 0) is 79.8 Å². The second-order valence-electron chi connectivity index (χ2n) is 21.3. The number of fused-ring (bicyclic) bond motifs is 1. The quantitative estimate of drug-likeness (QED) is 0.0189. The van der Waals surface area contributed by atoms with Gasteiger partial charge in [-0.15, -0.1) is 0 Å². The molecule has 478 valence electrons. The molecule has 9 atom stereocenters. The summed E-state index contributed by atoms with van der Waals surface area (Å²) in [7, 11) is 1.32. The molecule has 17 N–H and O–H groups in total. The number of amides is 11. The number of thiol groups is 1. The Hall–Kier alpha value is -9.00. The number of phenols is 1. The monoisotopic (exact) mass is 1270 g/mol. The first-order valence-electron chi connectivity index (χ1n) is 28.8. The standard InChI is InChI=1S/C59H77N15O13S2/c1-33(75)51-58(86)72-45(23-34-10-4-3-5-11-34)59(87)74(2)47(19-21-89-31-50(79)65-28-48(77)64-29-49(78)67-46(30-88)56(84)69-42(52(61)80)25-37-27-62-32-66-37)57(85)71-43(22-35-15-17-38(76)18-16-35)54(82)70-44(24-36-26-63-40-13-7-6-12-39(36)40)55(83)68-41(53(81)73-51)14-8-9-20-60/h3-7,10-13,15-18,26-27,32-33,41-47,51,63,75-76,88H,8-9,14,19-25,28-31,60H2,1-2H3,(H2,61,80)(H,62,66)(H,64,77)(H,65,79)(H,67,78)(H,68,83)(H,69,84)(H,70,82)(H,71,85)(H,72,86)(H,73,81)/t33-,41+,42+,43+,44-,45+,46+,47+,51+/m1/s1. The number of aromatic nitrogens is 3. The zero-order valence-corrected chi connectivity index (χ0v) is 50.8. The van der Waals surface area contributed by atoms with E-state index in [1.807, 2.05) is 18.2 Å². The van der Waals surface area contributed by atoms with E-state index in [0.717, 1.165) is 27.6 Å². The molecule has 1 aliphatic heterocycles. The number of carbonyl (C=O) groups is 11. The fourth-order valence-corrected chi connectivity index (χ4v) is 10.7. The van der Waals surface area contributed by atoms with Crippen LogP contribution in [0.15, 0.2) is 97.6 Å². The molecule has 0 bridgehead atoms. The fourth-order valence-electron chi connectivity index (χ4n) is 9.63. The van der Waals surface area contributed by atoms with Crippen LogP contribution in [-0.2, 0) is 78.4 Å². The largest absolute Gasteiger partial charge is 0.508 e. The number of unbranched alkanes of at least 4 members (excludes halogenated alkanes) is 1. The van der Waals surface area contributed by atoms with Gasteiger partial charge < -0.3 is 84.4 Å². The van der Waals surface area contributed by atoms with Crippen molar-refractivity contribution in [1.29, 1.82) is 0 Å². The number of thioether (sulfide) groups is 1. The summed E-state index contributed by atoms with van der Waals surface area (Å²) in [6.45, 7) is 0.343. The van der Waals surface area contributed by atoms with Crippen LogP contribution in [0.2, 0.25) is 0 Å². The van der Waals surface area contributed by atoms with E-state index in [1.165, 1.54) is 50.8 Å². The Kier molecular flexibility index (Phi) is 26.8. The third kappa shape index (κ3) is 21.4. The molecule has 0 radical (unpaired) electrons. The van der Waals surface area contributed by atoms with Gasteiger partial charge in [0.1, 0.15) is 54.1 Å². The molecule has 0 saturated carbocycles. The van der Waals surface area contributed by atoms with Crippen molar-refractivity contribution in [2.75, 3.05) is 43.9 Å². The van der Waals surface area contributed by atoms with Gasteiger partial charge in [0.25, 0.3) is 0 Å². The van der Waals surface area contributed by atoms with Crippen molar-refractivity contribution in [2.45, 2.75) is 113 Å². The summed E-state index contributed by atoms with van der Waals surface area (Å²) < 4.78 is 0. The van der Waals surface area contributed by atoms with E-state index in [4.69, 9.17) is 11.5 Å². The number of nitrogens with two attached hydrogens (primary N) is 2. The lowest BCUT2D eigenvalue weighted by atomic mass is 10.00.